The maximum absolute atomic E-state index is 13.6. The summed E-state index contributed by atoms with van der Waals surface area (Å²) >= 11 is 1.21. The average molecular weight is 524 g/mol. The molecule has 0 saturated carbocycles. The van der Waals surface area contributed by atoms with Gasteiger partial charge in [-0.25, -0.2) is 4.98 Å². The average Bonchev–Trinajstić information content (AvgIpc) is 2.97. The number of nitrogens with zero attached hydrogens (tertiary/aromatic N) is 2. The minimum absolute atomic E-state index is 0.0502. The molecule has 1 aromatic heterocycles. The van der Waals surface area contributed by atoms with E-state index in [1.54, 1.807) is 30.3 Å². The molecule has 0 saturated heterocycles. The van der Waals surface area contributed by atoms with E-state index < -0.39 is 0 Å². The van der Waals surface area contributed by atoms with Crippen molar-refractivity contribution in [1.29, 1.82) is 0 Å². The highest BCUT2D eigenvalue weighted by atomic mass is 32.2. The number of hydrogen-bond acceptors (Lipinski definition) is 5. The number of thioether (sulfide) groups is 1. The predicted molar refractivity (Wildman–Crippen MR) is 152 cm³/mol. The van der Waals surface area contributed by atoms with Crippen molar-refractivity contribution in [2.45, 2.75) is 37.3 Å². The van der Waals surface area contributed by atoms with Gasteiger partial charge < -0.3 is 5.32 Å². The molecule has 7 heteroatoms. The first-order chi connectivity index (χ1) is 18.6. The van der Waals surface area contributed by atoms with Gasteiger partial charge >= 0.3 is 0 Å². The summed E-state index contributed by atoms with van der Waals surface area (Å²) in [5.41, 5.74) is 3.32. The van der Waals surface area contributed by atoms with Gasteiger partial charge in [0.1, 0.15) is 0 Å². The first-order valence-corrected chi connectivity index (χ1v) is 13.9. The number of carbonyl (C=O) groups excluding carboxylic acids is 2. The number of amides is 1. The summed E-state index contributed by atoms with van der Waals surface area (Å²) < 4.78 is 1.53. The van der Waals surface area contributed by atoms with E-state index in [4.69, 9.17) is 4.98 Å². The second-order valence-electron chi connectivity index (χ2n) is 9.29. The van der Waals surface area contributed by atoms with Crippen molar-refractivity contribution < 1.29 is 9.59 Å². The first-order valence-electron chi connectivity index (χ1n) is 12.9. The Morgan fingerprint density at radius 2 is 1.68 bits per heavy atom. The zero-order valence-corrected chi connectivity index (χ0v) is 21.9. The molecule has 5 rings (SSSR count). The highest BCUT2D eigenvalue weighted by molar-refractivity contribution is 7.99. The second kappa shape index (κ2) is 12.0. The highest BCUT2D eigenvalue weighted by Crippen LogP contribution is 2.23. The lowest BCUT2D eigenvalue weighted by Gasteiger charge is -2.14. The van der Waals surface area contributed by atoms with Crippen LogP contribution in [0, 0.1) is 0 Å². The Kier molecular flexibility index (Phi) is 8.14. The molecule has 0 spiro atoms. The fraction of sp³-hybridized carbons (Fsp3) is 0.226. The molecule has 0 aliphatic heterocycles. The lowest BCUT2D eigenvalue weighted by Crippen LogP contribution is -2.26. The van der Waals surface area contributed by atoms with Gasteiger partial charge in [0, 0.05) is 17.7 Å². The largest absolute Gasteiger partial charge is 0.352 e. The predicted octanol–water partition coefficient (Wildman–Crippen LogP) is 5.98. The van der Waals surface area contributed by atoms with Crippen molar-refractivity contribution in [3.8, 4) is 5.69 Å². The third-order valence-corrected chi connectivity index (χ3v) is 7.60. The van der Waals surface area contributed by atoms with Crippen LogP contribution in [0.15, 0.2) is 100 Å². The molecular formula is C31H29N3O3S. The molecule has 1 amide bonds. The monoisotopic (exact) mass is 523 g/mol. The van der Waals surface area contributed by atoms with E-state index in [9.17, 15) is 14.4 Å². The molecule has 0 radical (unpaired) electrons. The minimum Gasteiger partial charge on any atom is -0.352 e. The number of Topliss-reactive ketones (excluding diaryl/α,β-unsaturated/α-hetero) is 1. The van der Waals surface area contributed by atoms with Crippen LogP contribution in [-0.2, 0) is 0 Å². The molecule has 6 nitrogen and oxygen atoms in total. The Morgan fingerprint density at radius 1 is 0.921 bits per heavy atom. The lowest BCUT2D eigenvalue weighted by molar-refractivity contribution is 0.0953. The fourth-order valence-electron chi connectivity index (χ4n) is 4.62. The smallest absolute Gasteiger partial charge is 0.266 e. The van der Waals surface area contributed by atoms with Crippen LogP contribution >= 0.6 is 11.8 Å². The molecule has 0 unspecified atom stereocenters. The number of fused-ring (bicyclic) bond motifs is 1. The summed E-state index contributed by atoms with van der Waals surface area (Å²) in [6, 6.07) is 23.3. The van der Waals surface area contributed by atoms with Crippen LogP contribution in [0.1, 0.15) is 52.8 Å². The molecule has 38 heavy (non-hydrogen) atoms. The molecule has 4 aromatic rings. The SMILES string of the molecule is O=C(CSc1nc2cc(C(=O)NCCC3=CCCCC3)ccc2c(=O)n1-c1ccccc1)c1ccccc1. The molecule has 1 aliphatic carbocycles. The maximum Gasteiger partial charge on any atom is 0.266 e. The summed E-state index contributed by atoms with van der Waals surface area (Å²) in [6.45, 7) is 0.578. The van der Waals surface area contributed by atoms with E-state index in [2.05, 4.69) is 11.4 Å². The van der Waals surface area contributed by atoms with E-state index >= 15 is 0 Å². The van der Waals surface area contributed by atoms with E-state index in [1.807, 2.05) is 48.5 Å². The zero-order chi connectivity index (χ0) is 26.3. The van der Waals surface area contributed by atoms with Crippen LogP contribution < -0.4 is 10.9 Å². The van der Waals surface area contributed by atoms with Crippen molar-refractivity contribution in [2.75, 3.05) is 12.3 Å². The summed E-state index contributed by atoms with van der Waals surface area (Å²) in [6.07, 6.45) is 7.83. The molecule has 0 fully saturated rings. The summed E-state index contributed by atoms with van der Waals surface area (Å²) in [5, 5.41) is 3.81. The number of carbonyl (C=O) groups is 2. The van der Waals surface area contributed by atoms with Crippen molar-refractivity contribution in [1.82, 2.24) is 14.9 Å². The number of nitrogens with one attached hydrogen (secondary N) is 1. The van der Waals surface area contributed by atoms with Crippen LogP contribution in [0.2, 0.25) is 0 Å². The zero-order valence-electron chi connectivity index (χ0n) is 21.1. The van der Waals surface area contributed by atoms with Gasteiger partial charge in [-0.2, -0.15) is 0 Å². The van der Waals surface area contributed by atoms with E-state index in [-0.39, 0.29) is 23.0 Å². The van der Waals surface area contributed by atoms with Gasteiger partial charge in [0.15, 0.2) is 10.9 Å². The summed E-state index contributed by atoms with van der Waals surface area (Å²) in [5.74, 6) is -0.110. The van der Waals surface area contributed by atoms with Gasteiger partial charge in [-0.1, -0.05) is 71.9 Å². The van der Waals surface area contributed by atoms with Crippen LogP contribution in [0.25, 0.3) is 16.6 Å². The molecule has 1 aliphatic rings. The van der Waals surface area contributed by atoms with Gasteiger partial charge in [-0.05, 0) is 62.4 Å². The Hall–Kier alpha value is -3.97. The summed E-state index contributed by atoms with van der Waals surface area (Å²) in [7, 11) is 0. The number of para-hydroxylation sites is 1. The normalized spacial score (nSPS) is 13.2. The third kappa shape index (κ3) is 5.94. The van der Waals surface area contributed by atoms with Crippen molar-refractivity contribution in [3.05, 3.63) is 112 Å². The van der Waals surface area contributed by atoms with Crippen LogP contribution in [0.4, 0.5) is 0 Å². The van der Waals surface area contributed by atoms with Crippen LogP contribution in [0.5, 0.6) is 0 Å². The quantitative estimate of drug-likeness (QED) is 0.126. The number of benzene rings is 3. The first kappa shape index (κ1) is 25.7. The number of rotatable bonds is 9. The maximum atomic E-state index is 13.6. The van der Waals surface area contributed by atoms with Gasteiger partial charge in [-0.15, -0.1) is 0 Å². The molecule has 3 aromatic carbocycles. The van der Waals surface area contributed by atoms with Crippen LogP contribution in [-0.4, -0.2) is 33.5 Å². The standard InChI is InChI=1S/C31H29N3O3S/c35-28(23-12-6-2-7-13-23)21-38-31-33-27-20-24(29(36)32-19-18-22-10-4-1-5-11-22)16-17-26(27)30(37)34(31)25-14-8-3-9-15-25/h2-3,6-10,12-17,20H,1,4-5,11,18-19,21H2,(H,32,36). The van der Waals surface area contributed by atoms with Gasteiger partial charge in [-0.3, -0.25) is 19.0 Å². The number of aromatic nitrogens is 2. The van der Waals surface area contributed by atoms with Gasteiger partial charge in [0.25, 0.3) is 11.5 Å². The van der Waals surface area contributed by atoms with Crippen molar-refractivity contribution in [3.63, 3.8) is 0 Å². The Labute approximate surface area is 225 Å². The van der Waals surface area contributed by atoms with E-state index in [1.165, 1.54) is 34.7 Å². The Balaban J connectivity index is 1.42. The Morgan fingerprint density at radius 3 is 2.42 bits per heavy atom. The number of ketones is 1. The minimum atomic E-state index is -0.243. The number of allylic oxidation sites excluding steroid dienone is 1. The van der Waals surface area contributed by atoms with Crippen molar-refractivity contribution in [2.24, 2.45) is 0 Å². The van der Waals surface area contributed by atoms with E-state index in [0.29, 0.717) is 39.4 Å². The Bertz CT molecular complexity index is 1550. The second-order valence-corrected chi connectivity index (χ2v) is 10.2. The molecule has 0 atom stereocenters. The molecule has 192 valence electrons. The van der Waals surface area contributed by atoms with Gasteiger partial charge in [0.05, 0.1) is 22.3 Å². The third-order valence-electron chi connectivity index (χ3n) is 6.66. The van der Waals surface area contributed by atoms with Crippen molar-refractivity contribution >= 4 is 34.4 Å². The lowest BCUT2D eigenvalue weighted by atomic mass is 9.97. The molecular weight excluding hydrogens is 494 g/mol. The highest BCUT2D eigenvalue weighted by Gasteiger charge is 2.17. The molecule has 1 N–H and O–H groups in total. The molecule has 1 heterocycles. The topological polar surface area (TPSA) is 81.1 Å². The fourth-order valence-corrected chi connectivity index (χ4v) is 5.52. The van der Waals surface area contributed by atoms with E-state index in [0.717, 1.165) is 19.3 Å². The molecule has 0 bridgehead atoms. The van der Waals surface area contributed by atoms with Gasteiger partial charge in [0.2, 0.25) is 0 Å². The summed E-state index contributed by atoms with van der Waals surface area (Å²) in [4.78, 5) is 44.0. The number of hydrogen-bond donors (Lipinski definition) is 1. The van der Waals surface area contributed by atoms with Crippen LogP contribution in [0.3, 0.4) is 0 Å².